The van der Waals surface area contributed by atoms with Crippen LogP contribution in [0.3, 0.4) is 0 Å². The Bertz CT molecular complexity index is 1320. The van der Waals surface area contributed by atoms with Gasteiger partial charge in [0.15, 0.2) is 0 Å². The third-order valence-corrected chi connectivity index (χ3v) is 8.89. The zero-order valence-electron chi connectivity index (χ0n) is 19.5. The number of piperidine rings is 1. The number of nitrogens with zero attached hydrogens (tertiary/aromatic N) is 3. The van der Waals surface area contributed by atoms with Crippen LogP contribution in [-0.2, 0) is 19.5 Å². The molecular formula is C27H32N4O2S. The average Bonchev–Trinajstić information content (AvgIpc) is 3.08. The first-order valence-electron chi connectivity index (χ1n) is 12.6. The summed E-state index contributed by atoms with van der Waals surface area (Å²) in [5.74, 6) is 1.25. The first kappa shape index (κ1) is 22.1. The number of aryl methyl sites for hydroxylation is 1. The van der Waals surface area contributed by atoms with E-state index in [1.165, 1.54) is 41.0 Å². The maximum Gasteiger partial charge on any atom is 0.252 e. The Labute approximate surface area is 204 Å². The minimum Gasteiger partial charge on any atom is -0.310 e. The Morgan fingerprint density at radius 2 is 1.79 bits per heavy atom. The van der Waals surface area contributed by atoms with E-state index in [0.29, 0.717) is 12.6 Å². The number of nitrogens with one attached hydrogen (secondary N) is 1. The van der Waals surface area contributed by atoms with Gasteiger partial charge in [-0.2, -0.15) is 0 Å². The molecule has 0 aliphatic carbocycles. The Morgan fingerprint density at radius 1 is 0.971 bits per heavy atom. The van der Waals surface area contributed by atoms with Gasteiger partial charge in [0.25, 0.3) is 11.1 Å². The normalized spacial score (nSPS) is 21.0. The van der Waals surface area contributed by atoms with E-state index in [1.807, 2.05) is 28.5 Å². The van der Waals surface area contributed by atoms with Crippen LogP contribution >= 0.6 is 11.8 Å². The van der Waals surface area contributed by atoms with Gasteiger partial charge in [0.1, 0.15) is 5.65 Å². The summed E-state index contributed by atoms with van der Waals surface area (Å²) in [6.07, 6.45) is 6.05. The van der Waals surface area contributed by atoms with Crippen LogP contribution in [0.25, 0.3) is 11.0 Å². The first-order valence-corrected chi connectivity index (χ1v) is 13.6. The van der Waals surface area contributed by atoms with Gasteiger partial charge in [0.2, 0.25) is 0 Å². The molecule has 6 nitrogen and oxygen atoms in total. The lowest BCUT2D eigenvalue weighted by Gasteiger charge is -2.34. The van der Waals surface area contributed by atoms with Gasteiger partial charge < -0.3 is 10.2 Å². The van der Waals surface area contributed by atoms with Gasteiger partial charge >= 0.3 is 0 Å². The van der Waals surface area contributed by atoms with Gasteiger partial charge in [-0.15, -0.1) is 11.8 Å². The highest BCUT2D eigenvalue weighted by atomic mass is 32.2. The third kappa shape index (κ3) is 4.25. The molecule has 1 fully saturated rings. The van der Waals surface area contributed by atoms with Gasteiger partial charge in [-0.1, -0.05) is 12.1 Å². The number of hydrogen-bond acceptors (Lipinski definition) is 5. The van der Waals surface area contributed by atoms with Crippen molar-refractivity contribution >= 4 is 22.8 Å². The van der Waals surface area contributed by atoms with Gasteiger partial charge in [0, 0.05) is 48.1 Å². The lowest BCUT2D eigenvalue weighted by atomic mass is 10.0. The fourth-order valence-corrected chi connectivity index (χ4v) is 6.93. The standard InChI is InChI=1S/C27H32N4O2S/c32-25-8-5-20-6-9-26(33)31-23(18-30(25)27(20)31)17-29-12-10-22(11-13-29)28-16-19-4-7-24-21(15-19)3-1-2-14-34-24/h4-9,15,22-23,28H,1-3,10-14,16-18H2/t23-/m1/s1. The Balaban J connectivity index is 1.06. The van der Waals surface area contributed by atoms with E-state index < -0.39 is 0 Å². The monoisotopic (exact) mass is 476 g/mol. The van der Waals surface area contributed by atoms with Crippen LogP contribution in [0.1, 0.15) is 42.9 Å². The molecule has 1 N–H and O–H groups in total. The highest BCUT2D eigenvalue weighted by Crippen LogP contribution is 2.30. The van der Waals surface area contributed by atoms with Gasteiger partial charge in [-0.05, 0) is 80.3 Å². The molecule has 178 valence electrons. The molecule has 2 aromatic heterocycles. The van der Waals surface area contributed by atoms with Crippen LogP contribution in [0.15, 0.2) is 56.9 Å². The number of hydrogen-bond donors (Lipinski definition) is 1. The molecule has 34 heavy (non-hydrogen) atoms. The van der Waals surface area contributed by atoms with Crippen molar-refractivity contribution < 1.29 is 0 Å². The molecule has 7 heteroatoms. The molecule has 0 unspecified atom stereocenters. The molecule has 1 atom stereocenters. The van der Waals surface area contributed by atoms with Crippen molar-refractivity contribution in [3.8, 4) is 0 Å². The number of benzene rings is 1. The molecule has 1 saturated heterocycles. The topological polar surface area (TPSA) is 59.3 Å². The van der Waals surface area contributed by atoms with Crippen molar-refractivity contribution in [1.29, 1.82) is 0 Å². The van der Waals surface area contributed by atoms with Crippen molar-refractivity contribution in [2.45, 2.75) is 62.2 Å². The van der Waals surface area contributed by atoms with Gasteiger partial charge in [-0.3, -0.25) is 18.7 Å². The largest absolute Gasteiger partial charge is 0.310 e. The fraction of sp³-hybridized carbons (Fsp3) is 0.481. The second-order valence-corrected chi connectivity index (χ2v) is 11.1. The number of fused-ring (bicyclic) bond motifs is 1. The quantitative estimate of drug-likeness (QED) is 0.612. The Hall–Kier alpha value is -2.35. The third-order valence-electron chi connectivity index (χ3n) is 7.69. The number of likely N-dealkylation sites (tertiary alicyclic amines) is 1. The van der Waals surface area contributed by atoms with Crippen LogP contribution in [0.2, 0.25) is 0 Å². The number of pyridine rings is 2. The van der Waals surface area contributed by atoms with Gasteiger partial charge in [-0.25, -0.2) is 0 Å². The summed E-state index contributed by atoms with van der Waals surface area (Å²) in [7, 11) is 0. The van der Waals surface area contributed by atoms with E-state index in [4.69, 9.17) is 0 Å². The van der Waals surface area contributed by atoms with E-state index in [0.717, 1.165) is 50.1 Å². The zero-order valence-corrected chi connectivity index (χ0v) is 20.4. The van der Waals surface area contributed by atoms with Crippen molar-refractivity contribution in [2.75, 3.05) is 25.4 Å². The van der Waals surface area contributed by atoms with Crippen molar-refractivity contribution in [1.82, 2.24) is 19.4 Å². The number of rotatable bonds is 5. The summed E-state index contributed by atoms with van der Waals surface area (Å²) in [5.41, 5.74) is 3.67. The first-order chi connectivity index (χ1) is 16.7. The van der Waals surface area contributed by atoms with E-state index in [9.17, 15) is 9.59 Å². The molecule has 6 rings (SSSR count). The second kappa shape index (κ2) is 9.36. The number of thioether (sulfide) groups is 1. The van der Waals surface area contributed by atoms with Crippen LogP contribution in [0.4, 0.5) is 0 Å². The molecule has 3 aliphatic heterocycles. The molecule has 0 amide bonds. The van der Waals surface area contributed by atoms with Crippen LogP contribution < -0.4 is 16.4 Å². The van der Waals surface area contributed by atoms with E-state index in [2.05, 4.69) is 28.4 Å². The Morgan fingerprint density at radius 3 is 2.65 bits per heavy atom. The lowest BCUT2D eigenvalue weighted by molar-refractivity contribution is 0.171. The predicted octanol–water partition coefficient (Wildman–Crippen LogP) is 3.40. The maximum atomic E-state index is 12.7. The summed E-state index contributed by atoms with van der Waals surface area (Å²) in [6, 6.07) is 14.5. The summed E-state index contributed by atoms with van der Waals surface area (Å²) in [6.45, 7) is 4.37. The molecule has 0 saturated carbocycles. The smallest absolute Gasteiger partial charge is 0.252 e. The molecule has 0 bridgehead atoms. The van der Waals surface area contributed by atoms with Crippen LogP contribution in [-0.4, -0.2) is 45.5 Å². The van der Waals surface area contributed by atoms with Crippen LogP contribution in [0.5, 0.6) is 0 Å². The molecule has 5 heterocycles. The molecule has 3 aliphatic rings. The van der Waals surface area contributed by atoms with Crippen molar-refractivity contribution in [3.63, 3.8) is 0 Å². The fourth-order valence-electron chi connectivity index (χ4n) is 5.85. The van der Waals surface area contributed by atoms with Crippen molar-refractivity contribution in [2.24, 2.45) is 0 Å². The van der Waals surface area contributed by atoms with E-state index in [1.54, 1.807) is 16.7 Å². The minimum atomic E-state index is -0.0198. The minimum absolute atomic E-state index is 0.00921. The highest BCUT2D eigenvalue weighted by Gasteiger charge is 2.29. The predicted molar refractivity (Wildman–Crippen MR) is 138 cm³/mol. The summed E-state index contributed by atoms with van der Waals surface area (Å²) < 4.78 is 3.62. The zero-order chi connectivity index (χ0) is 23.1. The molecule has 0 spiro atoms. The van der Waals surface area contributed by atoms with E-state index >= 15 is 0 Å². The SMILES string of the molecule is O=c1ccc2ccc(=O)n3c2n1C[C@H]3CN1CCC(NCc2ccc3c(c2)CCCCS3)CC1. The van der Waals surface area contributed by atoms with Crippen molar-refractivity contribution in [3.05, 3.63) is 74.3 Å². The lowest BCUT2D eigenvalue weighted by Crippen LogP contribution is -2.44. The summed E-state index contributed by atoms with van der Waals surface area (Å²) in [4.78, 5) is 29.0. The molecule has 1 aromatic carbocycles. The average molecular weight is 477 g/mol. The van der Waals surface area contributed by atoms with Gasteiger partial charge in [0.05, 0.1) is 6.04 Å². The van der Waals surface area contributed by atoms with Crippen LogP contribution in [0, 0.1) is 0 Å². The molecular weight excluding hydrogens is 444 g/mol. The number of aromatic nitrogens is 2. The molecule has 3 aromatic rings. The van der Waals surface area contributed by atoms with E-state index in [-0.39, 0.29) is 17.2 Å². The Kier molecular flexibility index (Phi) is 6.09. The second-order valence-electron chi connectivity index (χ2n) is 9.96. The summed E-state index contributed by atoms with van der Waals surface area (Å²) >= 11 is 2.01. The highest BCUT2D eigenvalue weighted by molar-refractivity contribution is 7.99. The molecule has 0 radical (unpaired) electrons. The maximum absolute atomic E-state index is 12.7. The summed E-state index contributed by atoms with van der Waals surface area (Å²) in [5, 5.41) is 4.75.